The lowest BCUT2D eigenvalue weighted by Gasteiger charge is -2.09. The van der Waals surface area contributed by atoms with E-state index in [2.05, 4.69) is 4.99 Å². The van der Waals surface area contributed by atoms with Crippen LogP contribution < -0.4 is 0 Å². The normalized spacial score (nSPS) is 15.9. The number of nitrogens with zero attached hydrogens (tertiary/aromatic N) is 2. The summed E-state index contributed by atoms with van der Waals surface area (Å²) in [5.74, 6) is 0. The summed E-state index contributed by atoms with van der Waals surface area (Å²) in [6, 6.07) is 0. The van der Waals surface area contributed by atoms with Crippen LogP contribution in [0.3, 0.4) is 0 Å². The molecule has 0 aromatic heterocycles. The van der Waals surface area contributed by atoms with Crippen molar-refractivity contribution in [2.45, 2.75) is 0 Å². The quantitative estimate of drug-likeness (QED) is 0.667. The molecule has 0 atom stereocenters. The maximum atomic E-state index is 8.42. The molecule has 1 rings (SSSR count). The molecule has 0 radical (unpaired) electrons. The van der Waals surface area contributed by atoms with Crippen molar-refractivity contribution in [1.29, 1.82) is 0 Å². The molecular weight excluding hydrogens is 184 g/mol. The Hall–Kier alpha value is -0.0900. The second kappa shape index (κ2) is 4.76. The predicted octanol–water partition coefficient (Wildman–Crippen LogP) is -0.0995. The summed E-state index contributed by atoms with van der Waals surface area (Å²) in [6.07, 6.45) is 1.79. The maximum Gasteiger partial charge on any atom is 0.0852 e. The summed E-state index contributed by atoms with van der Waals surface area (Å²) in [7, 11) is 0. The Labute approximate surface area is 65.2 Å². The third-order valence-corrected chi connectivity index (χ3v) is 1.15. The molecule has 54 valence electrons. The first-order chi connectivity index (χ1) is 3.93. The number of aliphatic hydroxyl groups excluding tert-OH is 1. The van der Waals surface area contributed by atoms with E-state index in [1.807, 2.05) is 4.90 Å². The summed E-state index contributed by atoms with van der Waals surface area (Å²) in [5, 5.41) is 8.42. The molecule has 1 aliphatic rings. The van der Waals surface area contributed by atoms with Gasteiger partial charge in [-0.1, -0.05) is 0 Å². The number of halogens is 1. The summed E-state index contributed by atoms with van der Waals surface area (Å²) in [6.45, 7) is 2.82. The van der Waals surface area contributed by atoms with Crippen LogP contribution in [-0.2, 0) is 0 Å². The Bertz CT molecular complexity index is 97.0. The summed E-state index contributed by atoms with van der Waals surface area (Å²) in [4.78, 5) is 5.97. The average Bonchev–Trinajstić information content (AvgIpc) is 2.19. The highest BCUT2D eigenvalue weighted by Crippen LogP contribution is 1.89. The number of β-amino-alcohol motifs (C(OH)–C–C–N with tert-alkyl or cyclic N) is 1. The van der Waals surface area contributed by atoms with Crippen molar-refractivity contribution >= 4 is 23.3 Å². The number of hydrogen-bond acceptors (Lipinski definition) is 3. The Kier molecular flexibility index (Phi) is 4.71. The lowest BCUT2D eigenvalue weighted by Crippen LogP contribution is -2.22. The van der Waals surface area contributed by atoms with Crippen LogP contribution in [0.1, 0.15) is 0 Å². The second-order valence-corrected chi connectivity index (χ2v) is 1.78. The van der Waals surface area contributed by atoms with Gasteiger partial charge in [0.2, 0.25) is 0 Å². The topological polar surface area (TPSA) is 35.8 Å². The first kappa shape index (κ1) is 8.91. The first-order valence-corrected chi connectivity index (χ1v) is 2.78. The van der Waals surface area contributed by atoms with Gasteiger partial charge in [-0.05, 0) is 0 Å². The predicted molar refractivity (Wildman–Crippen MR) is 42.3 cm³/mol. The summed E-state index contributed by atoms with van der Waals surface area (Å²) < 4.78 is 0. The van der Waals surface area contributed by atoms with E-state index in [-0.39, 0.29) is 23.6 Å². The van der Waals surface area contributed by atoms with Gasteiger partial charge in [0.1, 0.15) is 0 Å². The van der Waals surface area contributed by atoms with E-state index in [1.165, 1.54) is 0 Å². The zero-order valence-electron chi connectivity index (χ0n) is 5.16. The van der Waals surface area contributed by atoms with Crippen LogP contribution in [0.5, 0.6) is 0 Å². The van der Waals surface area contributed by atoms with Crippen LogP contribution in [0.25, 0.3) is 0 Å². The van der Waals surface area contributed by atoms with Gasteiger partial charge in [-0.15, -0.1) is 17.0 Å². The van der Waals surface area contributed by atoms with Crippen molar-refractivity contribution in [1.82, 2.24) is 4.90 Å². The zero-order chi connectivity index (χ0) is 5.82. The standard InChI is InChI=1S/C5H10N2O.BrH/c8-4-3-7-2-1-6-5-7;/h5,8H,1-4H2;1H. The van der Waals surface area contributed by atoms with E-state index in [4.69, 9.17) is 5.11 Å². The Morgan fingerprint density at radius 3 is 2.89 bits per heavy atom. The SMILES string of the molecule is Br.OCCN1C=NCC1. The van der Waals surface area contributed by atoms with Crippen LogP contribution in [-0.4, -0.2) is 42.6 Å². The minimum Gasteiger partial charge on any atom is -0.395 e. The van der Waals surface area contributed by atoms with E-state index in [0.717, 1.165) is 19.6 Å². The van der Waals surface area contributed by atoms with Gasteiger partial charge in [-0.2, -0.15) is 0 Å². The van der Waals surface area contributed by atoms with Crippen molar-refractivity contribution in [3.8, 4) is 0 Å². The molecule has 0 fully saturated rings. The van der Waals surface area contributed by atoms with Gasteiger partial charge in [-0.3, -0.25) is 4.99 Å². The molecule has 1 heterocycles. The van der Waals surface area contributed by atoms with Gasteiger partial charge in [0.05, 0.1) is 19.5 Å². The maximum absolute atomic E-state index is 8.42. The molecule has 1 N–H and O–H groups in total. The number of aliphatic imine (C=N–C) groups is 1. The van der Waals surface area contributed by atoms with Gasteiger partial charge in [0, 0.05) is 13.1 Å². The molecule has 0 saturated carbocycles. The largest absolute Gasteiger partial charge is 0.395 e. The van der Waals surface area contributed by atoms with Crippen molar-refractivity contribution < 1.29 is 5.11 Å². The van der Waals surface area contributed by atoms with Gasteiger partial charge >= 0.3 is 0 Å². The highest BCUT2D eigenvalue weighted by Gasteiger charge is 2.01. The number of aliphatic hydroxyl groups is 1. The van der Waals surface area contributed by atoms with Crippen molar-refractivity contribution in [2.24, 2.45) is 4.99 Å². The first-order valence-electron chi connectivity index (χ1n) is 2.78. The highest BCUT2D eigenvalue weighted by molar-refractivity contribution is 8.93. The van der Waals surface area contributed by atoms with Crippen LogP contribution in [0.2, 0.25) is 0 Å². The summed E-state index contributed by atoms with van der Waals surface area (Å²) >= 11 is 0. The number of hydrogen-bond donors (Lipinski definition) is 1. The average molecular weight is 195 g/mol. The monoisotopic (exact) mass is 194 g/mol. The Morgan fingerprint density at radius 1 is 1.67 bits per heavy atom. The zero-order valence-corrected chi connectivity index (χ0v) is 6.87. The van der Waals surface area contributed by atoms with Crippen molar-refractivity contribution in [2.75, 3.05) is 26.2 Å². The van der Waals surface area contributed by atoms with Crippen LogP contribution in [0.15, 0.2) is 4.99 Å². The van der Waals surface area contributed by atoms with Crippen LogP contribution in [0, 0.1) is 0 Å². The Morgan fingerprint density at radius 2 is 2.44 bits per heavy atom. The van der Waals surface area contributed by atoms with E-state index in [0.29, 0.717) is 0 Å². The lowest BCUT2D eigenvalue weighted by molar-refractivity contribution is 0.258. The molecule has 4 heteroatoms. The minimum absolute atomic E-state index is 0. The van der Waals surface area contributed by atoms with Crippen LogP contribution >= 0.6 is 17.0 Å². The molecular formula is C5H11BrN2O. The van der Waals surface area contributed by atoms with Gasteiger partial charge in [-0.25, -0.2) is 0 Å². The molecule has 0 unspecified atom stereocenters. The molecule has 1 aliphatic heterocycles. The van der Waals surface area contributed by atoms with E-state index >= 15 is 0 Å². The van der Waals surface area contributed by atoms with E-state index in [9.17, 15) is 0 Å². The molecule has 3 nitrogen and oxygen atoms in total. The summed E-state index contributed by atoms with van der Waals surface area (Å²) in [5.41, 5.74) is 0. The van der Waals surface area contributed by atoms with Gasteiger partial charge in [0.15, 0.2) is 0 Å². The van der Waals surface area contributed by atoms with Gasteiger partial charge in [0.25, 0.3) is 0 Å². The second-order valence-electron chi connectivity index (χ2n) is 1.78. The highest BCUT2D eigenvalue weighted by atomic mass is 79.9. The molecule has 0 aliphatic carbocycles. The molecule has 0 bridgehead atoms. The minimum atomic E-state index is 0. The molecule has 0 aromatic rings. The Balaban J connectivity index is 0.000000640. The third-order valence-electron chi connectivity index (χ3n) is 1.15. The molecule has 0 saturated heterocycles. The third kappa shape index (κ3) is 2.81. The molecule has 9 heavy (non-hydrogen) atoms. The van der Waals surface area contributed by atoms with Gasteiger partial charge < -0.3 is 10.0 Å². The van der Waals surface area contributed by atoms with E-state index in [1.54, 1.807) is 6.34 Å². The molecule has 0 amide bonds. The van der Waals surface area contributed by atoms with E-state index < -0.39 is 0 Å². The molecule has 0 aromatic carbocycles. The van der Waals surface area contributed by atoms with Crippen molar-refractivity contribution in [3.63, 3.8) is 0 Å². The molecule has 0 spiro atoms. The fourth-order valence-corrected chi connectivity index (χ4v) is 0.715. The smallest absolute Gasteiger partial charge is 0.0852 e. The van der Waals surface area contributed by atoms with Crippen molar-refractivity contribution in [3.05, 3.63) is 0 Å². The van der Waals surface area contributed by atoms with Crippen LogP contribution in [0.4, 0.5) is 0 Å². The number of rotatable bonds is 2. The fraction of sp³-hybridized carbons (Fsp3) is 0.800. The fourth-order valence-electron chi connectivity index (χ4n) is 0.715. The lowest BCUT2D eigenvalue weighted by atomic mass is 10.5.